The van der Waals surface area contributed by atoms with Crippen molar-refractivity contribution in [1.82, 2.24) is 20.1 Å². The Kier molecular flexibility index (Phi) is 5.15. The Balaban J connectivity index is 1.48. The molecule has 0 unspecified atom stereocenters. The van der Waals surface area contributed by atoms with Crippen LogP contribution in [0.3, 0.4) is 0 Å². The summed E-state index contributed by atoms with van der Waals surface area (Å²) in [5.74, 6) is 0.513. The first-order valence-electron chi connectivity index (χ1n) is 10.2. The van der Waals surface area contributed by atoms with E-state index in [4.69, 9.17) is 0 Å². The van der Waals surface area contributed by atoms with Gasteiger partial charge in [0.05, 0.1) is 6.04 Å². The number of aryl methyl sites for hydroxylation is 2. The van der Waals surface area contributed by atoms with Gasteiger partial charge in [0.2, 0.25) is 0 Å². The number of anilines is 1. The molecule has 1 aliphatic carbocycles. The number of hydrogen-bond acceptors (Lipinski definition) is 4. The van der Waals surface area contributed by atoms with Crippen molar-refractivity contribution in [1.29, 1.82) is 0 Å². The van der Waals surface area contributed by atoms with E-state index in [1.807, 2.05) is 26.0 Å². The average molecular weight is 381 g/mol. The summed E-state index contributed by atoms with van der Waals surface area (Å²) in [6.45, 7) is 4.87. The lowest BCUT2D eigenvalue weighted by atomic mass is 9.90. The van der Waals surface area contributed by atoms with Crippen molar-refractivity contribution >= 4 is 17.5 Å². The fourth-order valence-corrected chi connectivity index (χ4v) is 4.22. The summed E-state index contributed by atoms with van der Waals surface area (Å²) in [7, 11) is 0. The minimum Gasteiger partial charge on any atom is -0.338 e. The van der Waals surface area contributed by atoms with Gasteiger partial charge in [-0.25, -0.2) is 0 Å². The van der Waals surface area contributed by atoms with Crippen LogP contribution < -0.4 is 10.6 Å². The zero-order valence-corrected chi connectivity index (χ0v) is 16.5. The largest absolute Gasteiger partial charge is 0.338 e. The number of carbonyl (C=O) groups is 2. The lowest BCUT2D eigenvalue weighted by molar-refractivity contribution is -0.136. The molecule has 0 fully saturated rings. The maximum Gasteiger partial charge on any atom is 0.313 e. The van der Waals surface area contributed by atoms with Gasteiger partial charge in [-0.3, -0.25) is 9.59 Å². The first kappa shape index (κ1) is 18.7. The zero-order valence-electron chi connectivity index (χ0n) is 16.5. The summed E-state index contributed by atoms with van der Waals surface area (Å²) in [5, 5.41) is 14.2. The van der Waals surface area contributed by atoms with E-state index in [1.165, 1.54) is 12.0 Å². The van der Waals surface area contributed by atoms with Gasteiger partial charge in [0, 0.05) is 18.7 Å². The van der Waals surface area contributed by atoms with Gasteiger partial charge in [-0.15, -0.1) is 10.2 Å². The van der Waals surface area contributed by atoms with Crippen LogP contribution in [0.15, 0.2) is 18.2 Å². The first-order valence-corrected chi connectivity index (χ1v) is 10.2. The molecule has 2 N–H and O–H groups in total. The predicted molar refractivity (Wildman–Crippen MR) is 106 cm³/mol. The topological polar surface area (TPSA) is 88.9 Å². The van der Waals surface area contributed by atoms with E-state index in [2.05, 4.69) is 31.5 Å². The lowest BCUT2D eigenvalue weighted by Crippen LogP contribution is -2.40. The van der Waals surface area contributed by atoms with Crippen molar-refractivity contribution < 1.29 is 9.59 Å². The van der Waals surface area contributed by atoms with Crippen molar-refractivity contribution in [2.24, 2.45) is 5.92 Å². The summed E-state index contributed by atoms with van der Waals surface area (Å²) < 4.78 is 2.07. The van der Waals surface area contributed by atoms with E-state index in [0.29, 0.717) is 0 Å². The van der Waals surface area contributed by atoms with Crippen LogP contribution in [0.2, 0.25) is 0 Å². The number of nitrogens with one attached hydrogen (secondary N) is 2. The van der Waals surface area contributed by atoms with Crippen LogP contribution in [-0.2, 0) is 35.4 Å². The Hall–Kier alpha value is -2.70. The van der Waals surface area contributed by atoms with E-state index in [9.17, 15) is 9.59 Å². The van der Waals surface area contributed by atoms with Crippen LogP contribution in [0, 0.1) is 5.92 Å². The van der Waals surface area contributed by atoms with Gasteiger partial charge in [0.25, 0.3) is 0 Å². The molecule has 2 aromatic rings. The number of carbonyl (C=O) groups excluding carboxylic acids is 2. The second-order valence-corrected chi connectivity index (χ2v) is 8.03. The number of aromatic nitrogens is 3. The molecule has 1 atom stereocenters. The van der Waals surface area contributed by atoms with Gasteiger partial charge in [-0.05, 0) is 55.2 Å². The quantitative estimate of drug-likeness (QED) is 0.797. The zero-order chi connectivity index (χ0) is 19.7. The summed E-state index contributed by atoms with van der Waals surface area (Å²) in [5.41, 5.74) is 3.18. The summed E-state index contributed by atoms with van der Waals surface area (Å²) in [6, 6.07) is 5.57. The maximum absolute atomic E-state index is 12.6. The van der Waals surface area contributed by atoms with Crippen molar-refractivity contribution in [3.8, 4) is 0 Å². The molecule has 148 valence electrons. The molecular formula is C21H27N5O2. The highest BCUT2D eigenvalue weighted by atomic mass is 16.2. The Labute approximate surface area is 164 Å². The van der Waals surface area contributed by atoms with E-state index in [-0.39, 0.29) is 12.0 Å². The molecule has 0 saturated carbocycles. The third kappa shape index (κ3) is 3.53. The maximum atomic E-state index is 12.6. The molecule has 1 aliphatic heterocycles. The van der Waals surface area contributed by atoms with Crippen LogP contribution in [0.25, 0.3) is 0 Å². The molecule has 28 heavy (non-hydrogen) atoms. The Bertz CT molecular complexity index is 902. The van der Waals surface area contributed by atoms with Gasteiger partial charge in [-0.1, -0.05) is 26.0 Å². The minimum absolute atomic E-state index is 0.0927. The normalized spacial score (nSPS) is 16.4. The average Bonchev–Trinajstić information content (AvgIpc) is 3.30. The third-order valence-corrected chi connectivity index (χ3v) is 5.72. The molecule has 0 bridgehead atoms. The van der Waals surface area contributed by atoms with E-state index >= 15 is 0 Å². The smallest absolute Gasteiger partial charge is 0.313 e. The van der Waals surface area contributed by atoms with E-state index in [1.54, 1.807) is 0 Å². The lowest BCUT2D eigenvalue weighted by Gasteiger charge is -2.22. The van der Waals surface area contributed by atoms with Gasteiger partial charge < -0.3 is 15.2 Å². The monoisotopic (exact) mass is 381 g/mol. The SMILES string of the molecule is CC(C)[C@H](NC(=O)C(=O)Nc1cccc2c1CCCC2)c1nnc2n1CCC2. The first-order chi connectivity index (χ1) is 13.5. The van der Waals surface area contributed by atoms with Crippen LogP contribution >= 0.6 is 0 Å². The highest BCUT2D eigenvalue weighted by Crippen LogP contribution is 2.28. The van der Waals surface area contributed by atoms with Crippen molar-refractivity contribution in [2.75, 3.05) is 5.32 Å². The number of amides is 2. The summed E-state index contributed by atoms with van der Waals surface area (Å²) in [4.78, 5) is 25.2. The Morgan fingerprint density at radius 3 is 2.68 bits per heavy atom. The number of benzene rings is 1. The van der Waals surface area contributed by atoms with Gasteiger partial charge in [0.1, 0.15) is 5.82 Å². The fourth-order valence-electron chi connectivity index (χ4n) is 4.22. The Morgan fingerprint density at radius 2 is 1.86 bits per heavy atom. The van der Waals surface area contributed by atoms with Crippen molar-refractivity contribution in [2.45, 2.75) is 65.0 Å². The molecule has 0 saturated heterocycles. The summed E-state index contributed by atoms with van der Waals surface area (Å²) >= 11 is 0. The van der Waals surface area contributed by atoms with Crippen LogP contribution in [0.4, 0.5) is 5.69 Å². The highest BCUT2D eigenvalue weighted by molar-refractivity contribution is 6.39. The van der Waals surface area contributed by atoms with Crippen LogP contribution in [0.1, 0.15) is 61.9 Å². The standard InChI is InChI=1S/C21H27N5O2/c1-13(2)18(19-25-24-17-11-6-12-26(17)19)23-21(28)20(27)22-16-10-5-8-14-7-3-4-9-15(14)16/h5,8,10,13,18H,3-4,6-7,9,11-12H2,1-2H3,(H,22,27)(H,23,28)/t18-/m0/s1. The summed E-state index contributed by atoms with van der Waals surface area (Å²) in [6.07, 6.45) is 6.19. The van der Waals surface area contributed by atoms with Gasteiger partial charge in [-0.2, -0.15) is 0 Å². The fraction of sp³-hybridized carbons (Fsp3) is 0.524. The second-order valence-electron chi connectivity index (χ2n) is 8.03. The second kappa shape index (κ2) is 7.73. The molecule has 2 heterocycles. The molecule has 2 amide bonds. The number of fused-ring (bicyclic) bond motifs is 2. The predicted octanol–water partition coefficient (Wildman–Crippen LogP) is 2.56. The van der Waals surface area contributed by atoms with Crippen LogP contribution in [0.5, 0.6) is 0 Å². The van der Waals surface area contributed by atoms with Crippen molar-refractivity contribution in [3.63, 3.8) is 0 Å². The number of rotatable bonds is 4. The molecule has 1 aromatic heterocycles. The molecule has 1 aromatic carbocycles. The van der Waals surface area contributed by atoms with Crippen molar-refractivity contribution in [3.05, 3.63) is 41.0 Å². The molecule has 0 spiro atoms. The third-order valence-electron chi connectivity index (χ3n) is 5.72. The highest BCUT2D eigenvalue weighted by Gasteiger charge is 2.29. The molecular weight excluding hydrogens is 354 g/mol. The number of nitrogens with zero attached hydrogens (tertiary/aromatic N) is 3. The molecule has 4 rings (SSSR count). The van der Waals surface area contributed by atoms with Gasteiger partial charge >= 0.3 is 11.8 Å². The molecule has 2 aliphatic rings. The minimum atomic E-state index is -0.637. The Morgan fingerprint density at radius 1 is 1.04 bits per heavy atom. The van der Waals surface area contributed by atoms with Crippen LogP contribution in [-0.4, -0.2) is 26.6 Å². The molecule has 7 nitrogen and oxygen atoms in total. The van der Waals surface area contributed by atoms with E-state index in [0.717, 1.165) is 61.5 Å². The number of hydrogen-bond donors (Lipinski definition) is 2. The van der Waals surface area contributed by atoms with Gasteiger partial charge in [0.15, 0.2) is 5.82 Å². The van der Waals surface area contributed by atoms with E-state index < -0.39 is 11.8 Å². The molecule has 7 heteroatoms. The molecule has 0 radical (unpaired) electrons.